The molecule has 17 heavy (non-hydrogen) atoms. The third-order valence-electron chi connectivity index (χ3n) is 2.67. The smallest absolute Gasteiger partial charge is 0.213 e. The molecule has 0 aliphatic rings. The highest BCUT2D eigenvalue weighted by Gasteiger charge is 2.15. The van der Waals surface area contributed by atoms with Gasteiger partial charge >= 0.3 is 0 Å². The molecule has 1 aromatic heterocycles. The van der Waals surface area contributed by atoms with Gasteiger partial charge in [0.25, 0.3) is 0 Å². The molecule has 1 N–H and O–H groups in total. The molecule has 0 bridgehead atoms. The Morgan fingerprint density at radius 2 is 1.94 bits per heavy atom. The van der Waals surface area contributed by atoms with Crippen molar-refractivity contribution in [2.45, 2.75) is 6.42 Å². The van der Waals surface area contributed by atoms with Gasteiger partial charge in [0.15, 0.2) is 4.77 Å². The summed E-state index contributed by atoms with van der Waals surface area (Å²) in [6.45, 7) is 0. The summed E-state index contributed by atoms with van der Waals surface area (Å²) in [5, 5.41) is 10.0. The van der Waals surface area contributed by atoms with E-state index < -0.39 is 0 Å². The Bertz CT molecular complexity index is 574. The number of aromatic nitrogens is 2. The van der Waals surface area contributed by atoms with Gasteiger partial charge in [0.05, 0.1) is 5.69 Å². The van der Waals surface area contributed by atoms with Crippen LogP contribution in [0.2, 0.25) is 0 Å². The molecule has 0 unspecified atom stereocenters. The Labute approximate surface area is 110 Å². The van der Waals surface area contributed by atoms with Gasteiger partial charge in [-0.05, 0) is 24.4 Å². The predicted molar refractivity (Wildman–Crippen MR) is 71.7 cm³/mol. The molecule has 0 fully saturated rings. The van der Waals surface area contributed by atoms with E-state index in [0.717, 1.165) is 11.4 Å². The lowest BCUT2D eigenvalue weighted by Crippen LogP contribution is -2.01. The van der Waals surface area contributed by atoms with Crippen LogP contribution in [0.3, 0.4) is 0 Å². The van der Waals surface area contributed by atoms with Crippen molar-refractivity contribution in [3.05, 3.63) is 40.8 Å². The van der Waals surface area contributed by atoms with E-state index in [0.29, 0.717) is 17.1 Å². The number of hydrogen-bond acceptors (Lipinski definition) is 2. The predicted octanol–water partition coefficient (Wildman–Crippen LogP) is 3.03. The van der Waals surface area contributed by atoms with Crippen molar-refractivity contribution in [1.82, 2.24) is 9.13 Å². The lowest BCUT2D eigenvalue weighted by atomic mass is 10.3. The Hall–Kier alpha value is -1.26. The second-order valence-electron chi connectivity index (χ2n) is 3.72. The minimum absolute atomic E-state index is 0.180. The molecular weight excluding hydrogens is 256 g/mol. The fraction of sp³-hybridized carbons (Fsp3) is 0.250. The quantitative estimate of drug-likeness (QED) is 0.685. The summed E-state index contributed by atoms with van der Waals surface area (Å²) in [7, 11) is 1.74. The summed E-state index contributed by atoms with van der Waals surface area (Å²) in [5.41, 5.74) is 1.69. The first kappa shape index (κ1) is 12.2. The zero-order valence-electron chi connectivity index (χ0n) is 9.43. The lowest BCUT2D eigenvalue weighted by Gasteiger charge is -2.06. The molecule has 0 atom stereocenters. The van der Waals surface area contributed by atoms with E-state index in [1.54, 1.807) is 11.6 Å². The first-order valence-corrected chi connectivity index (χ1v) is 6.22. The van der Waals surface area contributed by atoms with Crippen LogP contribution >= 0.6 is 23.8 Å². The maximum atomic E-state index is 10.0. The van der Waals surface area contributed by atoms with Crippen LogP contribution in [0.25, 0.3) is 5.69 Å². The van der Waals surface area contributed by atoms with Crippen LogP contribution in [0.15, 0.2) is 30.3 Å². The Morgan fingerprint density at radius 1 is 1.29 bits per heavy atom. The second-order valence-corrected chi connectivity index (χ2v) is 4.46. The molecule has 3 nitrogen and oxygen atoms in total. The van der Waals surface area contributed by atoms with Gasteiger partial charge in [0.1, 0.15) is 0 Å². The molecule has 1 heterocycles. The van der Waals surface area contributed by atoms with Crippen LogP contribution in [0.1, 0.15) is 5.69 Å². The molecule has 0 amide bonds. The molecule has 0 radical (unpaired) electrons. The summed E-state index contributed by atoms with van der Waals surface area (Å²) in [4.78, 5) is 0. The molecule has 0 aliphatic carbocycles. The van der Waals surface area contributed by atoms with Crippen LogP contribution in [0.5, 0.6) is 5.88 Å². The highest BCUT2D eigenvalue weighted by Crippen LogP contribution is 2.24. The Morgan fingerprint density at radius 3 is 2.53 bits per heavy atom. The summed E-state index contributed by atoms with van der Waals surface area (Å²) in [6.07, 6.45) is 0.576. The van der Waals surface area contributed by atoms with Crippen LogP contribution in [0.4, 0.5) is 0 Å². The number of benzene rings is 1. The molecule has 0 aliphatic heterocycles. The number of para-hydroxylation sites is 1. The molecule has 0 saturated carbocycles. The molecule has 1 aromatic carbocycles. The van der Waals surface area contributed by atoms with E-state index >= 15 is 0 Å². The number of aromatic hydroxyl groups is 1. The highest BCUT2D eigenvalue weighted by molar-refractivity contribution is 7.71. The third-order valence-corrected chi connectivity index (χ3v) is 3.32. The SMILES string of the molecule is Cn1c(O)c(CCCl)n(-c2ccccc2)c1=S. The third kappa shape index (κ3) is 2.10. The normalized spacial score (nSPS) is 10.7. The fourth-order valence-electron chi connectivity index (χ4n) is 1.81. The van der Waals surface area contributed by atoms with E-state index in [9.17, 15) is 5.11 Å². The molecule has 2 rings (SSSR count). The van der Waals surface area contributed by atoms with Gasteiger partial charge in [-0.3, -0.25) is 9.13 Å². The molecule has 0 saturated heterocycles. The van der Waals surface area contributed by atoms with E-state index in [-0.39, 0.29) is 5.88 Å². The number of nitrogens with zero attached hydrogens (tertiary/aromatic N) is 2. The number of imidazole rings is 1. The largest absolute Gasteiger partial charge is 0.493 e. The van der Waals surface area contributed by atoms with Crippen molar-refractivity contribution in [2.24, 2.45) is 7.05 Å². The minimum Gasteiger partial charge on any atom is -0.493 e. The van der Waals surface area contributed by atoms with Crippen molar-refractivity contribution < 1.29 is 5.11 Å². The van der Waals surface area contributed by atoms with Crippen LogP contribution in [-0.4, -0.2) is 20.1 Å². The van der Waals surface area contributed by atoms with Crippen LogP contribution in [-0.2, 0) is 13.5 Å². The summed E-state index contributed by atoms with van der Waals surface area (Å²) in [6, 6.07) is 9.72. The van der Waals surface area contributed by atoms with Gasteiger partial charge in [0.2, 0.25) is 5.88 Å². The zero-order valence-corrected chi connectivity index (χ0v) is 11.0. The van der Waals surface area contributed by atoms with Gasteiger partial charge in [0, 0.05) is 25.0 Å². The van der Waals surface area contributed by atoms with Crippen molar-refractivity contribution in [3.63, 3.8) is 0 Å². The number of rotatable bonds is 3. The van der Waals surface area contributed by atoms with Crippen molar-refractivity contribution in [2.75, 3.05) is 5.88 Å². The van der Waals surface area contributed by atoms with Crippen molar-refractivity contribution >= 4 is 23.8 Å². The van der Waals surface area contributed by atoms with Gasteiger partial charge in [-0.15, -0.1) is 11.6 Å². The van der Waals surface area contributed by atoms with E-state index in [4.69, 9.17) is 23.8 Å². The maximum absolute atomic E-state index is 10.0. The Balaban J connectivity index is 2.68. The monoisotopic (exact) mass is 268 g/mol. The summed E-state index contributed by atoms with van der Waals surface area (Å²) < 4.78 is 4.01. The zero-order chi connectivity index (χ0) is 12.4. The molecule has 90 valence electrons. The van der Waals surface area contributed by atoms with E-state index in [1.807, 2.05) is 34.9 Å². The molecule has 0 spiro atoms. The first-order valence-electron chi connectivity index (χ1n) is 5.27. The highest BCUT2D eigenvalue weighted by atomic mass is 35.5. The van der Waals surface area contributed by atoms with Crippen molar-refractivity contribution in [1.29, 1.82) is 0 Å². The number of halogens is 1. The average molecular weight is 269 g/mol. The summed E-state index contributed by atoms with van der Waals surface area (Å²) >= 11 is 11.1. The lowest BCUT2D eigenvalue weighted by molar-refractivity contribution is 0.425. The van der Waals surface area contributed by atoms with E-state index in [2.05, 4.69) is 0 Å². The van der Waals surface area contributed by atoms with Gasteiger partial charge in [-0.25, -0.2) is 0 Å². The summed E-state index contributed by atoms with van der Waals surface area (Å²) in [5.74, 6) is 0.624. The van der Waals surface area contributed by atoms with Gasteiger partial charge < -0.3 is 5.11 Å². The molecule has 2 aromatic rings. The second kappa shape index (κ2) is 4.94. The fourth-order valence-corrected chi connectivity index (χ4v) is 2.29. The minimum atomic E-state index is 0.180. The Kier molecular flexibility index (Phi) is 3.54. The van der Waals surface area contributed by atoms with Crippen LogP contribution < -0.4 is 0 Å². The van der Waals surface area contributed by atoms with E-state index in [1.165, 1.54) is 0 Å². The van der Waals surface area contributed by atoms with Gasteiger partial charge in [-0.1, -0.05) is 18.2 Å². The number of hydrogen-bond donors (Lipinski definition) is 1. The molecule has 5 heteroatoms. The average Bonchev–Trinajstić information content (AvgIpc) is 2.56. The number of alkyl halides is 1. The van der Waals surface area contributed by atoms with Crippen molar-refractivity contribution in [3.8, 4) is 11.6 Å². The maximum Gasteiger partial charge on any atom is 0.213 e. The van der Waals surface area contributed by atoms with Crippen LogP contribution in [0, 0.1) is 4.77 Å². The first-order chi connectivity index (χ1) is 8.16. The topological polar surface area (TPSA) is 30.1 Å². The molecular formula is C12H13ClN2OS. The van der Waals surface area contributed by atoms with Gasteiger partial charge in [-0.2, -0.15) is 0 Å². The standard InChI is InChI=1S/C12H13ClN2OS/c1-14-11(16)10(7-8-13)15(12(14)17)9-5-3-2-4-6-9/h2-6,16H,7-8H2,1H3.